The highest BCUT2D eigenvalue weighted by Crippen LogP contribution is 2.16. The van der Waals surface area contributed by atoms with Gasteiger partial charge in [-0.1, -0.05) is 0 Å². The van der Waals surface area contributed by atoms with Crippen molar-refractivity contribution in [2.24, 2.45) is 11.5 Å². The molecule has 1 aliphatic carbocycles. The Bertz CT molecular complexity index is 119. The molecular formula is C5H11N3O. The molecule has 0 spiro atoms. The lowest BCUT2D eigenvalue weighted by Gasteiger charge is -2.32. The molecular weight excluding hydrogens is 118 g/mol. The number of primary amides is 1. The number of rotatable bonds is 1. The molecule has 4 nitrogen and oxygen atoms in total. The Balaban J connectivity index is 2.11. The number of nitrogens with two attached hydrogens (primary N) is 2. The Morgan fingerprint density at radius 2 is 2.11 bits per heavy atom. The molecule has 0 unspecified atom stereocenters. The number of amides is 2. The van der Waals surface area contributed by atoms with Crippen molar-refractivity contribution in [3.05, 3.63) is 0 Å². The minimum absolute atomic E-state index is 0.234. The van der Waals surface area contributed by atoms with Gasteiger partial charge in [-0.2, -0.15) is 0 Å². The van der Waals surface area contributed by atoms with Crippen LogP contribution in [0.5, 0.6) is 0 Å². The molecule has 0 aromatic carbocycles. The van der Waals surface area contributed by atoms with Gasteiger partial charge < -0.3 is 16.8 Å². The summed E-state index contributed by atoms with van der Waals surface area (Å²) in [5, 5.41) is 2.57. The Hall–Kier alpha value is -0.770. The van der Waals surface area contributed by atoms with E-state index in [0.29, 0.717) is 0 Å². The third-order valence-electron chi connectivity index (χ3n) is 1.52. The smallest absolute Gasteiger partial charge is 0.312 e. The van der Waals surface area contributed by atoms with Gasteiger partial charge in [-0.25, -0.2) is 4.79 Å². The monoisotopic (exact) mass is 129 g/mol. The van der Waals surface area contributed by atoms with E-state index in [1.165, 1.54) is 0 Å². The highest BCUT2D eigenvalue weighted by molar-refractivity contribution is 5.72. The lowest BCUT2D eigenvalue weighted by atomic mass is 9.88. The first-order valence-corrected chi connectivity index (χ1v) is 3.00. The highest BCUT2D eigenvalue weighted by Gasteiger charge is 2.26. The number of hydrogen-bond acceptors (Lipinski definition) is 2. The van der Waals surface area contributed by atoms with Gasteiger partial charge in [0.15, 0.2) is 0 Å². The Labute approximate surface area is 53.6 Å². The van der Waals surface area contributed by atoms with E-state index < -0.39 is 6.03 Å². The molecule has 4 heteroatoms. The first-order valence-electron chi connectivity index (χ1n) is 3.00. The minimum Gasteiger partial charge on any atom is -0.352 e. The molecule has 0 heterocycles. The van der Waals surface area contributed by atoms with E-state index in [9.17, 15) is 4.79 Å². The fourth-order valence-electron chi connectivity index (χ4n) is 0.981. The van der Waals surface area contributed by atoms with Gasteiger partial charge in [-0.3, -0.25) is 0 Å². The molecule has 0 saturated heterocycles. The van der Waals surface area contributed by atoms with Crippen molar-refractivity contribution in [2.75, 3.05) is 0 Å². The third-order valence-corrected chi connectivity index (χ3v) is 1.52. The van der Waals surface area contributed by atoms with Crippen LogP contribution in [0.1, 0.15) is 12.8 Å². The zero-order valence-electron chi connectivity index (χ0n) is 5.13. The van der Waals surface area contributed by atoms with Crippen LogP contribution in [0, 0.1) is 0 Å². The van der Waals surface area contributed by atoms with Crippen LogP contribution in [0.4, 0.5) is 4.79 Å². The van der Waals surface area contributed by atoms with Crippen LogP contribution in [-0.4, -0.2) is 18.1 Å². The van der Waals surface area contributed by atoms with Gasteiger partial charge in [0.2, 0.25) is 0 Å². The summed E-state index contributed by atoms with van der Waals surface area (Å²) in [5.41, 5.74) is 10.3. The van der Waals surface area contributed by atoms with Gasteiger partial charge in [0.05, 0.1) is 0 Å². The quantitative estimate of drug-likeness (QED) is 0.431. The number of nitrogens with one attached hydrogen (secondary N) is 1. The van der Waals surface area contributed by atoms with Crippen molar-refractivity contribution >= 4 is 6.03 Å². The summed E-state index contributed by atoms with van der Waals surface area (Å²) in [6.45, 7) is 0. The van der Waals surface area contributed by atoms with Crippen LogP contribution in [0.3, 0.4) is 0 Å². The number of hydrogen-bond donors (Lipinski definition) is 3. The number of carbonyl (C=O) groups excluding carboxylic acids is 1. The van der Waals surface area contributed by atoms with Crippen molar-refractivity contribution < 1.29 is 4.79 Å². The second kappa shape index (κ2) is 2.23. The Morgan fingerprint density at radius 1 is 1.56 bits per heavy atom. The first-order chi connectivity index (χ1) is 4.18. The van der Waals surface area contributed by atoms with Gasteiger partial charge in [-0.15, -0.1) is 0 Å². The van der Waals surface area contributed by atoms with Gasteiger partial charge in [-0.05, 0) is 12.8 Å². The van der Waals surface area contributed by atoms with E-state index >= 15 is 0 Å². The second-order valence-corrected chi connectivity index (χ2v) is 2.44. The molecule has 0 aromatic rings. The fourth-order valence-corrected chi connectivity index (χ4v) is 0.981. The largest absolute Gasteiger partial charge is 0.352 e. The predicted octanol–water partition coefficient (Wildman–Crippen LogP) is -0.856. The van der Waals surface area contributed by atoms with Crippen LogP contribution in [0.2, 0.25) is 0 Å². The standard InChI is InChI=1S/C5H11N3O/c6-3-1-4(2-3)8-5(7)9/h3-4H,1-2,6H2,(H3,7,8,9). The summed E-state index contributed by atoms with van der Waals surface area (Å²) < 4.78 is 0. The average molecular weight is 129 g/mol. The maximum atomic E-state index is 10.2. The minimum atomic E-state index is -0.452. The summed E-state index contributed by atoms with van der Waals surface area (Å²) in [6, 6.07) is 0.0475. The van der Waals surface area contributed by atoms with E-state index in [1.807, 2.05) is 0 Å². The molecule has 1 fully saturated rings. The van der Waals surface area contributed by atoms with Gasteiger partial charge in [0.1, 0.15) is 0 Å². The molecule has 1 aliphatic rings. The van der Waals surface area contributed by atoms with E-state index in [-0.39, 0.29) is 12.1 Å². The molecule has 0 aromatic heterocycles. The zero-order valence-corrected chi connectivity index (χ0v) is 5.13. The van der Waals surface area contributed by atoms with Gasteiger partial charge >= 0.3 is 6.03 Å². The molecule has 2 amide bonds. The topological polar surface area (TPSA) is 81.1 Å². The van der Waals surface area contributed by atoms with E-state index in [4.69, 9.17) is 11.5 Å². The summed E-state index contributed by atoms with van der Waals surface area (Å²) >= 11 is 0. The lowest BCUT2D eigenvalue weighted by Crippen LogP contribution is -2.51. The van der Waals surface area contributed by atoms with Crippen LogP contribution < -0.4 is 16.8 Å². The molecule has 52 valence electrons. The van der Waals surface area contributed by atoms with Crippen molar-refractivity contribution in [2.45, 2.75) is 24.9 Å². The predicted molar refractivity (Wildman–Crippen MR) is 33.7 cm³/mol. The fraction of sp³-hybridized carbons (Fsp3) is 0.800. The van der Waals surface area contributed by atoms with Crippen LogP contribution in [0.15, 0.2) is 0 Å². The normalized spacial score (nSPS) is 33.0. The van der Waals surface area contributed by atoms with E-state index in [1.54, 1.807) is 0 Å². The van der Waals surface area contributed by atoms with Gasteiger partial charge in [0, 0.05) is 12.1 Å². The van der Waals surface area contributed by atoms with Crippen molar-refractivity contribution in [1.29, 1.82) is 0 Å². The zero-order chi connectivity index (χ0) is 6.85. The molecule has 9 heavy (non-hydrogen) atoms. The van der Waals surface area contributed by atoms with Crippen LogP contribution in [-0.2, 0) is 0 Å². The lowest BCUT2D eigenvalue weighted by molar-refractivity contribution is 0.231. The Morgan fingerprint density at radius 3 is 2.44 bits per heavy atom. The molecule has 0 radical (unpaired) electrons. The van der Waals surface area contributed by atoms with Crippen molar-refractivity contribution in [1.82, 2.24) is 5.32 Å². The third kappa shape index (κ3) is 1.57. The molecule has 1 saturated carbocycles. The first kappa shape index (κ1) is 6.35. The molecule has 0 aliphatic heterocycles. The van der Waals surface area contributed by atoms with Crippen molar-refractivity contribution in [3.63, 3.8) is 0 Å². The maximum Gasteiger partial charge on any atom is 0.312 e. The van der Waals surface area contributed by atoms with Gasteiger partial charge in [0.25, 0.3) is 0 Å². The number of urea groups is 1. The van der Waals surface area contributed by atoms with E-state index in [0.717, 1.165) is 12.8 Å². The maximum absolute atomic E-state index is 10.2. The summed E-state index contributed by atoms with van der Waals surface area (Å²) in [5.74, 6) is 0. The van der Waals surface area contributed by atoms with E-state index in [2.05, 4.69) is 5.32 Å². The Kier molecular flexibility index (Phi) is 1.57. The van der Waals surface area contributed by atoms with Crippen molar-refractivity contribution in [3.8, 4) is 0 Å². The average Bonchev–Trinajstić information content (AvgIpc) is 1.60. The molecule has 1 rings (SSSR count). The molecule has 0 atom stereocenters. The highest BCUT2D eigenvalue weighted by atomic mass is 16.2. The summed E-state index contributed by atoms with van der Waals surface area (Å²) in [6.07, 6.45) is 1.73. The number of carbonyl (C=O) groups is 1. The summed E-state index contributed by atoms with van der Waals surface area (Å²) in [7, 11) is 0. The van der Waals surface area contributed by atoms with Crippen LogP contribution in [0.25, 0.3) is 0 Å². The molecule has 5 N–H and O–H groups in total. The SMILES string of the molecule is NC(=O)NC1CC(N)C1. The molecule has 0 bridgehead atoms. The summed E-state index contributed by atoms with van der Waals surface area (Å²) in [4.78, 5) is 10.2. The second-order valence-electron chi connectivity index (χ2n) is 2.44. The van der Waals surface area contributed by atoms with Crippen LogP contribution >= 0.6 is 0 Å².